The van der Waals surface area contributed by atoms with Crippen molar-refractivity contribution >= 4 is 30.7 Å². The molecular formula is C11H23Cl2N3O. The fraction of sp³-hybridized carbons (Fsp3) is 0.909. The maximum absolute atomic E-state index is 11.9. The van der Waals surface area contributed by atoms with Gasteiger partial charge in [-0.3, -0.25) is 9.69 Å². The van der Waals surface area contributed by atoms with Crippen LogP contribution < -0.4 is 5.73 Å². The van der Waals surface area contributed by atoms with Crippen molar-refractivity contribution in [3.63, 3.8) is 0 Å². The number of carbonyl (C=O) groups excluding carboxylic acids is 1. The van der Waals surface area contributed by atoms with E-state index in [9.17, 15) is 4.79 Å². The average Bonchev–Trinajstić information content (AvgIpc) is 2.99. The first-order valence-corrected chi connectivity index (χ1v) is 5.81. The number of amides is 1. The van der Waals surface area contributed by atoms with Crippen LogP contribution in [0.15, 0.2) is 0 Å². The normalized spacial score (nSPS) is 21.5. The Kier molecular flexibility index (Phi) is 6.22. The van der Waals surface area contributed by atoms with Crippen LogP contribution in [0.3, 0.4) is 0 Å². The quantitative estimate of drug-likeness (QED) is 0.818. The lowest BCUT2D eigenvalue weighted by atomic mass is 10.0. The van der Waals surface area contributed by atoms with Gasteiger partial charge in [-0.25, -0.2) is 0 Å². The monoisotopic (exact) mass is 283 g/mol. The largest absolute Gasteiger partial charge is 0.339 e. The van der Waals surface area contributed by atoms with Gasteiger partial charge in [-0.05, 0) is 26.7 Å². The first-order valence-electron chi connectivity index (χ1n) is 5.81. The first-order chi connectivity index (χ1) is 6.98. The molecule has 0 unspecified atom stereocenters. The molecule has 1 heterocycles. The number of halogens is 2. The molecule has 1 aliphatic carbocycles. The topological polar surface area (TPSA) is 49.6 Å². The minimum Gasteiger partial charge on any atom is -0.339 e. The minimum atomic E-state index is -0.720. The fourth-order valence-corrected chi connectivity index (χ4v) is 2.14. The van der Waals surface area contributed by atoms with Crippen LogP contribution in [0.1, 0.15) is 26.7 Å². The van der Waals surface area contributed by atoms with E-state index < -0.39 is 5.54 Å². The molecule has 0 aromatic heterocycles. The number of carbonyl (C=O) groups is 1. The Bertz CT molecular complexity index is 256. The van der Waals surface area contributed by atoms with Gasteiger partial charge in [0, 0.05) is 32.2 Å². The predicted molar refractivity (Wildman–Crippen MR) is 73.9 cm³/mol. The SMILES string of the molecule is CC(C)(N)C(=O)N1CCN(C2CC2)CC1.Cl.Cl. The lowest BCUT2D eigenvalue weighted by Crippen LogP contribution is -2.57. The Balaban J connectivity index is 0.00000128. The molecule has 0 atom stereocenters. The number of nitrogens with two attached hydrogens (primary N) is 1. The van der Waals surface area contributed by atoms with Crippen LogP contribution in [0.4, 0.5) is 0 Å². The van der Waals surface area contributed by atoms with Crippen molar-refractivity contribution in [2.24, 2.45) is 5.73 Å². The van der Waals surface area contributed by atoms with E-state index in [1.54, 1.807) is 13.8 Å². The third-order valence-electron chi connectivity index (χ3n) is 3.22. The smallest absolute Gasteiger partial charge is 0.242 e. The fourth-order valence-electron chi connectivity index (χ4n) is 2.14. The van der Waals surface area contributed by atoms with Gasteiger partial charge >= 0.3 is 0 Å². The van der Waals surface area contributed by atoms with Gasteiger partial charge in [-0.1, -0.05) is 0 Å². The maximum Gasteiger partial charge on any atom is 0.242 e. The second kappa shape index (κ2) is 6.23. The van der Waals surface area contributed by atoms with Crippen molar-refractivity contribution in [2.45, 2.75) is 38.3 Å². The van der Waals surface area contributed by atoms with Crippen molar-refractivity contribution < 1.29 is 4.79 Å². The van der Waals surface area contributed by atoms with E-state index in [2.05, 4.69) is 4.90 Å². The Hall–Kier alpha value is -0.0300. The van der Waals surface area contributed by atoms with Crippen molar-refractivity contribution in [3.05, 3.63) is 0 Å². The van der Waals surface area contributed by atoms with Gasteiger partial charge < -0.3 is 10.6 Å². The maximum atomic E-state index is 11.9. The van der Waals surface area contributed by atoms with Crippen LogP contribution in [-0.4, -0.2) is 53.5 Å². The number of rotatable bonds is 2. The molecule has 2 rings (SSSR count). The zero-order chi connectivity index (χ0) is 11.1. The highest BCUT2D eigenvalue weighted by atomic mass is 35.5. The highest BCUT2D eigenvalue weighted by Gasteiger charge is 2.34. The van der Waals surface area contributed by atoms with E-state index in [1.807, 2.05) is 4.90 Å². The minimum absolute atomic E-state index is 0. The van der Waals surface area contributed by atoms with Gasteiger partial charge in [0.2, 0.25) is 5.91 Å². The van der Waals surface area contributed by atoms with Gasteiger partial charge in [0.1, 0.15) is 0 Å². The molecule has 0 spiro atoms. The zero-order valence-corrected chi connectivity index (χ0v) is 12.1. The Labute approximate surface area is 116 Å². The molecule has 0 bridgehead atoms. The Morgan fingerprint density at radius 1 is 1.12 bits per heavy atom. The third-order valence-corrected chi connectivity index (χ3v) is 3.22. The van der Waals surface area contributed by atoms with Crippen LogP contribution in [0.2, 0.25) is 0 Å². The zero-order valence-electron chi connectivity index (χ0n) is 10.5. The molecule has 0 radical (unpaired) electrons. The highest BCUT2D eigenvalue weighted by molar-refractivity contribution is 5.86. The lowest BCUT2D eigenvalue weighted by Gasteiger charge is -2.37. The summed E-state index contributed by atoms with van der Waals surface area (Å²) in [5, 5.41) is 0. The summed E-state index contributed by atoms with van der Waals surface area (Å²) in [4.78, 5) is 16.3. The van der Waals surface area contributed by atoms with E-state index in [1.165, 1.54) is 12.8 Å². The van der Waals surface area contributed by atoms with Gasteiger partial charge in [-0.15, -0.1) is 24.8 Å². The number of piperazine rings is 1. The van der Waals surface area contributed by atoms with Crippen LogP contribution in [0.5, 0.6) is 0 Å². The van der Waals surface area contributed by atoms with E-state index in [-0.39, 0.29) is 30.7 Å². The van der Waals surface area contributed by atoms with Gasteiger partial charge in [0.15, 0.2) is 0 Å². The summed E-state index contributed by atoms with van der Waals surface area (Å²) in [5.41, 5.74) is 5.09. The van der Waals surface area contributed by atoms with E-state index >= 15 is 0 Å². The summed E-state index contributed by atoms with van der Waals surface area (Å²) in [7, 11) is 0. The predicted octanol–water partition coefficient (Wildman–Crippen LogP) is 0.874. The summed E-state index contributed by atoms with van der Waals surface area (Å²) in [6.07, 6.45) is 2.69. The molecule has 4 nitrogen and oxygen atoms in total. The molecule has 2 N–H and O–H groups in total. The third kappa shape index (κ3) is 4.28. The average molecular weight is 284 g/mol. The van der Waals surface area contributed by atoms with Gasteiger partial charge in [-0.2, -0.15) is 0 Å². The molecule has 1 aliphatic heterocycles. The standard InChI is InChI=1S/C11H21N3O.2ClH/c1-11(2,12)10(15)14-7-5-13(6-8-14)9-3-4-9;;/h9H,3-8,12H2,1-2H3;2*1H. The highest BCUT2D eigenvalue weighted by Crippen LogP contribution is 2.27. The summed E-state index contributed by atoms with van der Waals surface area (Å²) < 4.78 is 0. The summed E-state index contributed by atoms with van der Waals surface area (Å²) >= 11 is 0. The molecule has 0 aromatic carbocycles. The molecule has 17 heavy (non-hydrogen) atoms. The van der Waals surface area contributed by atoms with E-state index in [4.69, 9.17) is 5.73 Å². The molecule has 6 heteroatoms. The van der Waals surface area contributed by atoms with Crippen molar-refractivity contribution in [3.8, 4) is 0 Å². The molecule has 2 aliphatic rings. The van der Waals surface area contributed by atoms with Crippen LogP contribution in [-0.2, 0) is 4.79 Å². The van der Waals surface area contributed by atoms with Crippen molar-refractivity contribution in [1.82, 2.24) is 9.80 Å². The van der Waals surface area contributed by atoms with E-state index in [0.29, 0.717) is 0 Å². The van der Waals surface area contributed by atoms with Crippen LogP contribution in [0.25, 0.3) is 0 Å². The van der Waals surface area contributed by atoms with Crippen LogP contribution >= 0.6 is 24.8 Å². The van der Waals surface area contributed by atoms with Crippen molar-refractivity contribution in [1.29, 1.82) is 0 Å². The summed E-state index contributed by atoms with van der Waals surface area (Å²) in [6, 6.07) is 0.813. The summed E-state index contributed by atoms with van der Waals surface area (Å²) in [6.45, 7) is 7.29. The molecule has 2 fully saturated rings. The Morgan fingerprint density at radius 2 is 1.59 bits per heavy atom. The van der Waals surface area contributed by atoms with Gasteiger partial charge in [0.05, 0.1) is 5.54 Å². The Morgan fingerprint density at radius 3 is 1.94 bits per heavy atom. The molecule has 102 valence electrons. The lowest BCUT2D eigenvalue weighted by molar-refractivity contribution is -0.137. The molecule has 1 amide bonds. The first kappa shape index (κ1) is 17.0. The molecular weight excluding hydrogens is 261 g/mol. The molecule has 0 aromatic rings. The number of hydrogen-bond acceptors (Lipinski definition) is 3. The number of nitrogens with zero attached hydrogens (tertiary/aromatic N) is 2. The second-order valence-electron chi connectivity index (χ2n) is 5.28. The summed E-state index contributed by atoms with van der Waals surface area (Å²) in [5.74, 6) is 0.0814. The van der Waals surface area contributed by atoms with E-state index in [0.717, 1.165) is 32.2 Å². The van der Waals surface area contributed by atoms with Crippen molar-refractivity contribution in [2.75, 3.05) is 26.2 Å². The second-order valence-corrected chi connectivity index (χ2v) is 5.28. The molecule has 1 saturated heterocycles. The van der Waals surface area contributed by atoms with Gasteiger partial charge in [0.25, 0.3) is 0 Å². The number of hydrogen-bond donors (Lipinski definition) is 1. The molecule has 1 saturated carbocycles. The van der Waals surface area contributed by atoms with Crippen LogP contribution in [0, 0.1) is 0 Å².